The summed E-state index contributed by atoms with van der Waals surface area (Å²) in [5, 5.41) is 12.3. The Labute approximate surface area is 213 Å². The van der Waals surface area contributed by atoms with Crippen molar-refractivity contribution in [3.63, 3.8) is 0 Å². The quantitative estimate of drug-likeness (QED) is 0.338. The van der Waals surface area contributed by atoms with Crippen LogP contribution in [0, 0.1) is 0 Å². The standard InChI is InChI=1S/C26H23Cl2N5O2/c1-35-21-12-2-16(3-13-21)14-24(34)30-25-31-26-29-22(17-4-8-19(27)9-5-17)15-23(33(26)32-25)18-6-10-20(28)11-7-18/h2-13,22-23H,14-15H2,1H3,(H2,29,30,31,32,34)/t22-,23-/m0/s1. The van der Waals surface area contributed by atoms with Gasteiger partial charge in [-0.3, -0.25) is 10.1 Å². The van der Waals surface area contributed by atoms with Gasteiger partial charge in [0.1, 0.15) is 5.75 Å². The minimum Gasteiger partial charge on any atom is -0.497 e. The molecule has 0 saturated heterocycles. The van der Waals surface area contributed by atoms with E-state index in [1.807, 2.05) is 77.5 Å². The van der Waals surface area contributed by atoms with Gasteiger partial charge in [0.2, 0.25) is 11.9 Å². The topological polar surface area (TPSA) is 81.1 Å². The van der Waals surface area contributed by atoms with E-state index in [0.29, 0.717) is 16.0 Å². The van der Waals surface area contributed by atoms with Gasteiger partial charge in [0, 0.05) is 10.0 Å². The highest BCUT2D eigenvalue weighted by Gasteiger charge is 2.31. The molecular formula is C26H23Cl2N5O2. The van der Waals surface area contributed by atoms with Crippen molar-refractivity contribution in [3.05, 3.63) is 99.5 Å². The number of aromatic nitrogens is 3. The lowest BCUT2D eigenvalue weighted by molar-refractivity contribution is -0.115. The number of fused-ring (bicyclic) bond motifs is 1. The van der Waals surface area contributed by atoms with Crippen LogP contribution in [0.25, 0.3) is 0 Å². The molecule has 9 heteroatoms. The van der Waals surface area contributed by atoms with Crippen molar-refractivity contribution in [1.82, 2.24) is 14.8 Å². The molecular weight excluding hydrogens is 485 g/mol. The van der Waals surface area contributed by atoms with Gasteiger partial charge in [-0.05, 0) is 59.5 Å². The van der Waals surface area contributed by atoms with E-state index < -0.39 is 0 Å². The number of hydrogen-bond acceptors (Lipinski definition) is 5. The van der Waals surface area contributed by atoms with Crippen LogP contribution in [0.5, 0.6) is 5.75 Å². The first-order valence-corrected chi connectivity index (χ1v) is 11.9. The van der Waals surface area contributed by atoms with Crippen molar-refractivity contribution in [1.29, 1.82) is 0 Å². The Bertz CT molecular complexity index is 1320. The minimum atomic E-state index is -0.199. The van der Waals surface area contributed by atoms with Crippen molar-refractivity contribution >= 4 is 41.0 Å². The number of amides is 1. The first-order chi connectivity index (χ1) is 17.0. The van der Waals surface area contributed by atoms with Gasteiger partial charge in [0.05, 0.1) is 25.6 Å². The SMILES string of the molecule is COc1ccc(CC(=O)Nc2nc3n(n2)[C@H](c2ccc(Cl)cc2)C[C@@H](c2ccc(Cl)cc2)N3)cc1. The van der Waals surface area contributed by atoms with Gasteiger partial charge in [0.15, 0.2) is 0 Å². The van der Waals surface area contributed by atoms with Gasteiger partial charge in [-0.1, -0.05) is 59.6 Å². The number of nitrogens with one attached hydrogen (secondary N) is 2. The number of nitrogens with zero attached hydrogens (tertiary/aromatic N) is 3. The third kappa shape index (κ3) is 5.26. The molecule has 1 aliphatic rings. The lowest BCUT2D eigenvalue weighted by Gasteiger charge is -2.31. The second-order valence-electron chi connectivity index (χ2n) is 8.33. The lowest BCUT2D eigenvalue weighted by Crippen LogP contribution is -2.28. The van der Waals surface area contributed by atoms with Crippen LogP contribution in [0.4, 0.5) is 11.9 Å². The van der Waals surface area contributed by atoms with Crippen LogP contribution in [0.3, 0.4) is 0 Å². The summed E-state index contributed by atoms with van der Waals surface area (Å²) in [5.41, 5.74) is 3.01. The zero-order valence-electron chi connectivity index (χ0n) is 18.9. The molecule has 2 atom stereocenters. The van der Waals surface area contributed by atoms with Gasteiger partial charge >= 0.3 is 0 Å². The molecule has 2 heterocycles. The monoisotopic (exact) mass is 507 g/mol. The van der Waals surface area contributed by atoms with Crippen LogP contribution in [-0.2, 0) is 11.2 Å². The maximum absolute atomic E-state index is 12.7. The number of ether oxygens (including phenoxy) is 1. The number of carbonyl (C=O) groups excluding carboxylic acids is 1. The summed E-state index contributed by atoms with van der Waals surface area (Å²) >= 11 is 12.2. The number of hydrogen-bond donors (Lipinski definition) is 2. The molecule has 0 aliphatic carbocycles. The third-order valence-electron chi connectivity index (χ3n) is 5.99. The molecule has 4 aromatic rings. The minimum absolute atomic E-state index is 0.00695. The second-order valence-corrected chi connectivity index (χ2v) is 9.20. The maximum Gasteiger partial charge on any atom is 0.250 e. The van der Waals surface area contributed by atoms with E-state index in [4.69, 9.17) is 27.9 Å². The summed E-state index contributed by atoms with van der Waals surface area (Å²) in [6.45, 7) is 0. The van der Waals surface area contributed by atoms with E-state index >= 15 is 0 Å². The van der Waals surface area contributed by atoms with Crippen molar-refractivity contribution in [2.75, 3.05) is 17.7 Å². The van der Waals surface area contributed by atoms with Crippen molar-refractivity contribution < 1.29 is 9.53 Å². The number of benzene rings is 3. The molecule has 35 heavy (non-hydrogen) atoms. The zero-order chi connectivity index (χ0) is 24.4. The van der Waals surface area contributed by atoms with Crippen LogP contribution in [0.15, 0.2) is 72.8 Å². The summed E-state index contributed by atoms with van der Waals surface area (Å²) in [6.07, 6.45) is 0.939. The van der Waals surface area contributed by atoms with Crippen LogP contribution < -0.4 is 15.4 Å². The molecule has 1 aromatic heterocycles. The zero-order valence-corrected chi connectivity index (χ0v) is 20.4. The van der Waals surface area contributed by atoms with E-state index in [9.17, 15) is 4.79 Å². The summed E-state index contributed by atoms with van der Waals surface area (Å²) < 4.78 is 6.99. The molecule has 0 saturated carbocycles. The Morgan fingerprint density at radius 1 is 1.00 bits per heavy atom. The summed E-state index contributed by atoms with van der Waals surface area (Å²) in [4.78, 5) is 17.3. The molecule has 0 bridgehead atoms. The predicted molar refractivity (Wildman–Crippen MR) is 137 cm³/mol. The third-order valence-corrected chi connectivity index (χ3v) is 6.49. The van der Waals surface area contributed by atoms with E-state index in [-0.39, 0.29) is 30.4 Å². The number of rotatable bonds is 6. The normalized spacial score (nSPS) is 16.8. The molecule has 0 fully saturated rings. The molecule has 1 aliphatic heterocycles. The average Bonchev–Trinajstić information content (AvgIpc) is 3.27. The Hall–Kier alpha value is -3.55. The Morgan fingerprint density at radius 2 is 1.63 bits per heavy atom. The first-order valence-electron chi connectivity index (χ1n) is 11.2. The van der Waals surface area contributed by atoms with Gasteiger partial charge in [-0.25, -0.2) is 4.68 Å². The fourth-order valence-corrected chi connectivity index (χ4v) is 4.46. The van der Waals surface area contributed by atoms with Crippen LogP contribution >= 0.6 is 23.2 Å². The molecule has 7 nitrogen and oxygen atoms in total. The lowest BCUT2D eigenvalue weighted by atomic mass is 9.93. The molecule has 1 amide bonds. The van der Waals surface area contributed by atoms with E-state index in [0.717, 1.165) is 28.9 Å². The largest absolute Gasteiger partial charge is 0.497 e. The van der Waals surface area contributed by atoms with E-state index in [1.54, 1.807) is 7.11 Å². The van der Waals surface area contributed by atoms with Crippen LogP contribution in [-0.4, -0.2) is 27.8 Å². The summed E-state index contributed by atoms with van der Waals surface area (Å²) in [5.74, 6) is 1.38. The molecule has 3 aromatic carbocycles. The highest BCUT2D eigenvalue weighted by Crippen LogP contribution is 2.38. The van der Waals surface area contributed by atoms with Gasteiger partial charge in [-0.15, -0.1) is 5.10 Å². The first kappa shape index (κ1) is 23.2. The van der Waals surface area contributed by atoms with Crippen molar-refractivity contribution in [2.24, 2.45) is 0 Å². The predicted octanol–water partition coefficient (Wildman–Crippen LogP) is 5.92. The Balaban J connectivity index is 1.40. The average molecular weight is 508 g/mol. The molecule has 2 N–H and O–H groups in total. The van der Waals surface area contributed by atoms with Crippen LogP contribution in [0.1, 0.15) is 35.2 Å². The fourth-order valence-electron chi connectivity index (χ4n) is 4.20. The smallest absolute Gasteiger partial charge is 0.250 e. The Kier molecular flexibility index (Phi) is 6.61. The van der Waals surface area contributed by atoms with Gasteiger partial charge < -0.3 is 10.1 Å². The number of anilines is 2. The maximum atomic E-state index is 12.7. The van der Waals surface area contributed by atoms with E-state index in [2.05, 4.69) is 20.7 Å². The molecule has 5 rings (SSSR count). The number of halogens is 2. The molecule has 178 valence electrons. The summed E-state index contributed by atoms with van der Waals surface area (Å²) in [7, 11) is 1.61. The fraction of sp³-hybridized carbons (Fsp3) is 0.192. The second kappa shape index (κ2) is 9.98. The molecule has 0 unspecified atom stereocenters. The number of carbonyl (C=O) groups is 1. The summed E-state index contributed by atoms with van der Waals surface area (Å²) in [6, 6.07) is 22.7. The van der Waals surface area contributed by atoms with E-state index in [1.165, 1.54) is 0 Å². The highest BCUT2D eigenvalue weighted by atomic mass is 35.5. The van der Waals surface area contributed by atoms with Gasteiger partial charge in [0.25, 0.3) is 5.95 Å². The Morgan fingerprint density at radius 3 is 2.26 bits per heavy atom. The van der Waals surface area contributed by atoms with Crippen molar-refractivity contribution in [3.8, 4) is 5.75 Å². The molecule has 0 spiro atoms. The highest BCUT2D eigenvalue weighted by molar-refractivity contribution is 6.30. The number of methoxy groups -OCH3 is 1. The van der Waals surface area contributed by atoms with Gasteiger partial charge in [-0.2, -0.15) is 4.98 Å². The van der Waals surface area contributed by atoms with Crippen LogP contribution in [0.2, 0.25) is 10.0 Å². The molecule has 0 radical (unpaired) electrons. The van der Waals surface area contributed by atoms with Crippen molar-refractivity contribution in [2.45, 2.75) is 24.9 Å².